The molecule has 0 aliphatic heterocycles. The minimum atomic E-state index is -4.96. The van der Waals surface area contributed by atoms with Gasteiger partial charge in [0, 0.05) is 18.3 Å². The van der Waals surface area contributed by atoms with Crippen molar-refractivity contribution in [3.05, 3.63) is 33.9 Å². The van der Waals surface area contributed by atoms with Crippen LogP contribution in [0.25, 0.3) is 0 Å². The molecule has 1 aromatic rings. The van der Waals surface area contributed by atoms with Gasteiger partial charge in [0.15, 0.2) is 0 Å². The van der Waals surface area contributed by atoms with Gasteiger partial charge < -0.3 is 15.7 Å². The van der Waals surface area contributed by atoms with Gasteiger partial charge in [-0.2, -0.15) is 13.2 Å². The number of hydrogen-bond acceptors (Lipinski definition) is 4. The Labute approximate surface area is 127 Å². The fraction of sp³-hybridized carbons (Fsp3) is 0.333. The number of carboxylic acid groups (broad SMARTS) is 1. The van der Waals surface area contributed by atoms with Crippen molar-refractivity contribution in [2.45, 2.75) is 13.1 Å². The van der Waals surface area contributed by atoms with Gasteiger partial charge in [0.1, 0.15) is 5.56 Å². The Hall–Kier alpha value is -2.85. The standard InChI is InChI=1S/C12H12F3N3O5/c1-6(5-16-11(20)21)10(19)17-7-2-3-9(18(22)23)8(4-7)12(13,14)15/h2-4,6,16H,5H2,1H3,(H,17,19)(H,20,21). The van der Waals surface area contributed by atoms with Gasteiger partial charge in [0.25, 0.3) is 5.69 Å². The molecule has 23 heavy (non-hydrogen) atoms. The van der Waals surface area contributed by atoms with Gasteiger partial charge in [0.05, 0.1) is 10.8 Å². The van der Waals surface area contributed by atoms with Crippen molar-refractivity contribution in [2.75, 3.05) is 11.9 Å². The molecule has 1 unspecified atom stereocenters. The summed E-state index contributed by atoms with van der Waals surface area (Å²) in [6.45, 7) is 1.13. The third-order valence-electron chi connectivity index (χ3n) is 2.77. The van der Waals surface area contributed by atoms with Crippen molar-refractivity contribution in [2.24, 2.45) is 5.92 Å². The number of benzene rings is 1. The van der Waals surface area contributed by atoms with Gasteiger partial charge >= 0.3 is 12.3 Å². The second-order valence-corrected chi connectivity index (χ2v) is 4.56. The summed E-state index contributed by atoms with van der Waals surface area (Å²) in [5, 5.41) is 23.1. The Kier molecular flexibility index (Phi) is 5.49. The van der Waals surface area contributed by atoms with Crippen molar-refractivity contribution in [3.8, 4) is 0 Å². The summed E-state index contributed by atoms with van der Waals surface area (Å²) < 4.78 is 38.4. The van der Waals surface area contributed by atoms with Crippen molar-refractivity contribution >= 4 is 23.4 Å². The molecule has 0 radical (unpaired) electrons. The highest BCUT2D eigenvalue weighted by Crippen LogP contribution is 2.37. The lowest BCUT2D eigenvalue weighted by atomic mass is 10.1. The van der Waals surface area contributed by atoms with Crippen LogP contribution in [0.1, 0.15) is 12.5 Å². The average Bonchev–Trinajstić information content (AvgIpc) is 2.43. The largest absolute Gasteiger partial charge is 0.465 e. The maximum Gasteiger partial charge on any atom is 0.423 e. The van der Waals surface area contributed by atoms with Crippen molar-refractivity contribution in [1.82, 2.24) is 5.32 Å². The Morgan fingerprint density at radius 3 is 2.48 bits per heavy atom. The number of alkyl halides is 3. The van der Waals surface area contributed by atoms with Crippen LogP contribution in [0.4, 0.5) is 29.3 Å². The second kappa shape index (κ2) is 6.94. The van der Waals surface area contributed by atoms with Crippen LogP contribution < -0.4 is 10.6 Å². The molecular formula is C12H12F3N3O5. The molecule has 0 aliphatic rings. The molecule has 0 bridgehead atoms. The van der Waals surface area contributed by atoms with Crippen LogP contribution in [0.3, 0.4) is 0 Å². The molecule has 0 aliphatic carbocycles. The number of nitro groups is 1. The molecular weight excluding hydrogens is 323 g/mol. The van der Waals surface area contributed by atoms with Crippen LogP contribution in [0, 0.1) is 16.0 Å². The van der Waals surface area contributed by atoms with E-state index in [2.05, 4.69) is 5.32 Å². The first kappa shape index (κ1) is 18.2. The zero-order valence-corrected chi connectivity index (χ0v) is 11.7. The molecule has 0 spiro atoms. The number of nitrogens with zero attached hydrogens (tertiary/aromatic N) is 1. The zero-order valence-electron chi connectivity index (χ0n) is 11.7. The summed E-state index contributed by atoms with van der Waals surface area (Å²) in [6.07, 6.45) is -6.31. The number of halogens is 3. The smallest absolute Gasteiger partial charge is 0.423 e. The third kappa shape index (κ3) is 5.13. The van der Waals surface area contributed by atoms with Crippen molar-refractivity contribution in [1.29, 1.82) is 0 Å². The minimum Gasteiger partial charge on any atom is -0.465 e. The molecule has 2 amide bonds. The molecule has 0 heterocycles. The molecule has 0 aromatic heterocycles. The van der Waals surface area contributed by atoms with Gasteiger partial charge in [-0.15, -0.1) is 0 Å². The summed E-state index contributed by atoms with van der Waals surface area (Å²) in [7, 11) is 0. The second-order valence-electron chi connectivity index (χ2n) is 4.56. The Balaban J connectivity index is 2.95. The van der Waals surface area contributed by atoms with Gasteiger partial charge in [-0.3, -0.25) is 14.9 Å². The SMILES string of the molecule is CC(CNC(=O)O)C(=O)Nc1ccc([N+](=O)[O-])c(C(F)(F)F)c1. The number of rotatable bonds is 5. The van der Waals surface area contributed by atoms with Gasteiger partial charge in [-0.1, -0.05) is 6.92 Å². The first-order valence-corrected chi connectivity index (χ1v) is 6.15. The van der Waals surface area contributed by atoms with Crippen LogP contribution >= 0.6 is 0 Å². The Morgan fingerprint density at radius 1 is 1.39 bits per heavy atom. The van der Waals surface area contributed by atoms with E-state index in [4.69, 9.17) is 5.11 Å². The van der Waals surface area contributed by atoms with E-state index in [1.165, 1.54) is 6.92 Å². The minimum absolute atomic E-state index is 0.236. The predicted molar refractivity (Wildman–Crippen MR) is 71.9 cm³/mol. The van der Waals surface area contributed by atoms with E-state index in [1.807, 2.05) is 5.32 Å². The average molecular weight is 335 g/mol. The number of hydrogen-bond donors (Lipinski definition) is 3. The highest BCUT2D eigenvalue weighted by Gasteiger charge is 2.38. The van der Waals surface area contributed by atoms with Crippen LogP contribution in [0.5, 0.6) is 0 Å². The summed E-state index contributed by atoms with van der Waals surface area (Å²) in [6, 6.07) is 2.05. The number of nitrogens with one attached hydrogen (secondary N) is 2. The number of nitro benzene ring substituents is 1. The zero-order chi connectivity index (χ0) is 17.8. The first-order chi connectivity index (χ1) is 10.5. The van der Waals surface area contributed by atoms with E-state index < -0.39 is 40.3 Å². The lowest BCUT2D eigenvalue weighted by Crippen LogP contribution is -2.33. The van der Waals surface area contributed by atoms with E-state index in [-0.39, 0.29) is 12.2 Å². The molecule has 3 N–H and O–H groups in total. The molecule has 11 heteroatoms. The topological polar surface area (TPSA) is 122 Å². The number of anilines is 1. The van der Waals surface area contributed by atoms with Crippen molar-refractivity contribution in [3.63, 3.8) is 0 Å². The Morgan fingerprint density at radius 2 is 2.00 bits per heavy atom. The fourth-order valence-corrected chi connectivity index (χ4v) is 1.60. The first-order valence-electron chi connectivity index (χ1n) is 6.15. The molecule has 126 valence electrons. The highest BCUT2D eigenvalue weighted by atomic mass is 19.4. The molecule has 0 saturated heterocycles. The van der Waals surface area contributed by atoms with E-state index in [0.717, 1.165) is 6.07 Å². The van der Waals surface area contributed by atoms with E-state index >= 15 is 0 Å². The molecule has 8 nitrogen and oxygen atoms in total. The summed E-state index contributed by atoms with van der Waals surface area (Å²) >= 11 is 0. The number of amides is 2. The number of carbonyl (C=O) groups excluding carboxylic acids is 1. The van der Waals surface area contributed by atoms with E-state index in [9.17, 15) is 32.9 Å². The molecule has 1 atom stereocenters. The van der Waals surface area contributed by atoms with Gasteiger partial charge in [-0.25, -0.2) is 4.79 Å². The van der Waals surface area contributed by atoms with Crippen LogP contribution in [0.2, 0.25) is 0 Å². The third-order valence-corrected chi connectivity index (χ3v) is 2.77. The summed E-state index contributed by atoms with van der Waals surface area (Å²) in [5.41, 5.74) is -2.90. The van der Waals surface area contributed by atoms with Crippen LogP contribution in [-0.2, 0) is 11.0 Å². The lowest BCUT2D eigenvalue weighted by Gasteiger charge is -2.13. The fourth-order valence-electron chi connectivity index (χ4n) is 1.60. The summed E-state index contributed by atoms with van der Waals surface area (Å²) in [5.74, 6) is -1.59. The van der Waals surface area contributed by atoms with Gasteiger partial charge in [0.2, 0.25) is 5.91 Å². The van der Waals surface area contributed by atoms with Crippen molar-refractivity contribution < 1.29 is 32.8 Å². The molecule has 0 fully saturated rings. The molecule has 0 saturated carbocycles. The van der Waals surface area contributed by atoms with E-state index in [1.54, 1.807) is 0 Å². The van der Waals surface area contributed by atoms with Crippen LogP contribution in [0.15, 0.2) is 18.2 Å². The van der Waals surface area contributed by atoms with Crippen LogP contribution in [-0.4, -0.2) is 28.6 Å². The molecule has 1 aromatic carbocycles. The lowest BCUT2D eigenvalue weighted by molar-refractivity contribution is -0.388. The maximum absolute atomic E-state index is 12.8. The van der Waals surface area contributed by atoms with Gasteiger partial charge in [-0.05, 0) is 12.1 Å². The molecule has 1 rings (SSSR count). The summed E-state index contributed by atoms with van der Waals surface area (Å²) in [4.78, 5) is 31.5. The normalized spacial score (nSPS) is 12.3. The number of carbonyl (C=O) groups is 2. The monoisotopic (exact) mass is 335 g/mol. The highest BCUT2D eigenvalue weighted by molar-refractivity contribution is 5.93. The predicted octanol–water partition coefficient (Wildman–Crippen LogP) is 2.46. The quantitative estimate of drug-likeness (QED) is 0.563. The Bertz CT molecular complexity index is 633. The van der Waals surface area contributed by atoms with E-state index in [0.29, 0.717) is 12.1 Å². The maximum atomic E-state index is 12.8.